The van der Waals surface area contributed by atoms with Gasteiger partial charge in [-0.1, -0.05) is 38.8 Å². The molecule has 2 N–H and O–H groups in total. The number of benzene rings is 1. The van der Waals surface area contributed by atoms with Crippen LogP contribution in [0.2, 0.25) is 0 Å². The van der Waals surface area contributed by atoms with Crippen LogP contribution < -0.4 is 10.6 Å². The van der Waals surface area contributed by atoms with Crippen molar-refractivity contribution in [3.63, 3.8) is 0 Å². The quantitative estimate of drug-likeness (QED) is 0.579. The maximum Gasteiger partial charge on any atom is 0.170 e. The molecule has 0 radical (unpaired) electrons. The molecular formula is C17H26N2OS. The highest BCUT2D eigenvalue weighted by molar-refractivity contribution is 7.80. The largest absolute Gasteiger partial charge is 0.360 e. The molecule has 0 amide bonds. The zero-order valence-corrected chi connectivity index (χ0v) is 14.2. The Morgan fingerprint density at radius 3 is 2.57 bits per heavy atom. The van der Waals surface area contributed by atoms with Gasteiger partial charge in [-0.2, -0.15) is 0 Å². The van der Waals surface area contributed by atoms with E-state index in [0.29, 0.717) is 16.7 Å². The number of rotatable bonds is 7. The third-order valence-corrected chi connectivity index (χ3v) is 3.54. The number of carbonyl (C=O) groups excluding carboxylic acids is 1. The predicted octanol–water partition coefficient (Wildman–Crippen LogP) is 4.39. The van der Waals surface area contributed by atoms with Crippen LogP contribution in [-0.2, 0) is 0 Å². The summed E-state index contributed by atoms with van der Waals surface area (Å²) in [5.41, 5.74) is 1.53. The lowest BCUT2D eigenvalue weighted by atomic mass is 10.0. The van der Waals surface area contributed by atoms with Gasteiger partial charge < -0.3 is 10.6 Å². The van der Waals surface area contributed by atoms with E-state index in [2.05, 4.69) is 31.4 Å². The highest BCUT2D eigenvalue weighted by Gasteiger charge is 2.06. The lowest BCUT2D eigenvalue weighted by molar-refractivity contribution is 0.101. The molecule has 0 fully saturated rings. The molecule has 0 aliphatic rings. The number of nitrogens with one attached hydrogen (secondary N) is 2. The number of ketones is 1. The van der Waals surface area contributed by atoms with Crippen molar-refractivity contribution in [3.8, 4) is 0 Å². The van der Waals surface area contributed by atoms with Gasteiger partial charge in [0, 0.05) is 17.3 Å². The van der Waals surface area contributed by atoms with Crippen LogP contribution in [0.4, 0.5) is 5.69 Å². The Kier molecular flexibility index (Phi) is 7.37. The van der Waals surface area contributed by atoms with Crippen LogP contribution in [0.3, 0.4) is 0 Å². The Morgan fingerprint density at radius 1 is 1.24 bits per heavy atom. The maximum atomic E-state index is 11.4. The van der Waals surface area contributed by atoms with Crippen molar-refractivity contribution < 1.29 is 4.79 Å². The van der Waals surface area contributed by atoms with E-state index in [4.69, 9.17) is 12.2 Å². The fourth-order valence-electron chi connectivity index (χ4n) is 2.11. The molecule has 1 rings (SSSR count). The normalized spacial score (nSPS) is 12.0. The Hall–Kier alpha value is -1.42. The second-order valence-electron chi connectivity index (χ2n) is 5.96. The van der Waals surface area contributed by atoms with Gasteiger partial charge in [-0.05, 0) is 50.5 Å². The van der Waals surface area contributed by atoms with E-state index < -0.39 is 0 Å². The average molecular weight is 306 g/mol. The van der Waals surface area contributed by atoms with Crippen molar-refractivity contribution in [2.45, 2.75) is 53.0 Å². The first-order valence-corrected chi connectivity index (χ1v) is 7.98. The molecule has 1 aromatic carbocycles. The maximum absolute atomic E-state index is 11.4. The first-order valence-electron chi connectivity index (χ1n) is 7.57. The van der Waals surface area contributed by atoms with E-state index in [-0.39, 0.29) is 5.78 Å². The van der Waals surface area contributed by atoms with Crippen LogP contribution in [0.1, 0.15) is 57.3 Å². The van der Waals surface area contributed by atoms with Gasteiger partial charge in [0.05, 0.1) is 0 Å². The number of hydrogen-bond donors (Lipinski definition) is 2. The summed E-state index contributed by atoms with van der Waals surface area (Å²) in [6.07, 6.45) is 3.55. The van der Waals surface area contributed by atoms with Crippen molar-refractivity contribution in [1.29, 1.82) is 0 Å². The molecule has 0 heterocycles. The molecule has 0 bridgehead atoms. The Balaban J connectivity index is 2.42. The van der Waals surface area contributed by atoms with Crippen LogP contribution in [0.5, 0.6) is 0 Å². The van der Waals surface area contributed by atoms with Crippen molar-refractivity contribution in [1.82, 2.24) is 5.32 Å². The highest BCUT2D eigenvalue weighted by Crippen LogP contribution is 2.12. The van der Waals surface area contributed by atoms with Crippen LogP contribution in [0.25, 0.3) is 0 Å². The summed E-state index contributed by atoms with van der Waals surface area (Å²) in [6.45, 7) is 8.19. The lowest BCUT2D eigenvalue weighted by Gasteiger charge is -2.17. The number of hydrogen-bond acceptors (Lipinski definition) is 2. The van der Waals surface area contributed by atoms with Crippen LogP contribution in [0, 0.1) is 5.92 Å². The molecule has 0 aliphatic carbocycles. The van der Waals surface area contributed by atoms with E-state index in [1.165, 1.54) is 12.8 Å². The van der Waals surface area contributed by atoms with Crippen molar-refractivity contribution in [2.75, 3.05) is 5.32 Å². The van der Waals surface area contributed by atoms with E-state index >= 15 is 0 Å². The van der Waals surface area contributed by atoms with Crippen LogP contribution in [-0.4, -0.2) is 16.9 Å². The molecule has 0 saturated carbocycles. The molecule has 1 unspecified atom stereocenters. The summed E-state index contributed by atoms with van der Waals surface area (Å²) >= 11 is 5.32. The van der Waals surface area contributed by atoms with Crippen molar-refractivity contribution in [3.05, 3.63) is 29.8 Å². The van der Waals surface area contributed by atoms with Gasteiger partial charge in [0.25, 0.3) is 0 Å². The molecule has 0 aromatic heterocycles. The van der Waals surface area contributed by atoms with Crippen LogP contribution in [0.15, 0.2) is 24.3 Å². The molecule has 21 heavy (non-hydrogen) atoms. The van der Waals surface area contributed by atoms with E-state index in [1.807, 2.05) is 18.2 Å². The van der Waals surface area contributed by atoms with Gasteiger partial charge in [-0.3, -0.25) is 4.79 Å². The summed E-state index contributed by atoms with van der Waals surface area (Å²) in [5, 5.41) is 7.03. The number of carbonyl (C=O) groups is 1. The Morgan fingerprint density at radius 2 is 1.95 bits per heavy atom. The summed E-state index contributed by atoms with van der Waals surface area (Å²) in [6, 6.07) is 7.73. The molecular weight excluding hydrogens is 280 g/mol. The van der Waals surface area contributed by atoms with Gasteiger partial charge in [-0.15, -0.1) is 0 Å². The minimum absolute atomic E-state index is 0.0552. The molecule has 0 saturated heterocycles. The SMILES string of the molecule is CC(=O)c1cccc(NC(=S)NC(C)CCCC(C)C)c1. The van der Waals surface area contributed by atoms with Gasteiger partial charge in [0.15, 0.2) is 10.9 Å². The molecule has 0 spiro atoms. The number of anilines is 1. The van der Waals surface area contributed by atoms with Gasteiger partial charge in [0.2, 0.25) is 0 Å². The smallest absolute Gasteiger partial charge is 0.170 e. The zero-order chi connectivity index (χ0) is 15.8. The number of thiocarbonyl (C=S) groups is 1. The minimum Gasteiger partial charge on any atom is -0.360 e. The van der Waals surface area contributed by atoms with Gasteiger partial charge in [-0.25, -0.2) is 0 Å². The lowest BCUT2D eigenvalue weighted by Crippen LogP contribution is -2.35. The van der Waals surface area contributed by atoms with Crippen molar-refractivity contribution in [2.24, 2.45) is 5.92 Å². The van der Waals surface area contributed by atoms with E-state index in [1.54, 1.807) is 13.0 Å². The molecule has 1 aromatic rings. The predicted molar refractivity (Wildman–Crippen MR) is 94.0 cm³/mol. The standard InChI is InChI=1S/C17H26N2OS/c1-12(2)7-5-8-13(3)18-17(21)19-16-10-6-9-15(11-16)14(4)20/h6,9-13H,5,7-8H2,1-4H3,(H2,18,19,21). The van der Waals surface area contributed by atoms with Gasteiger partial charge in [0.1, 0.15) is 0 Å². The first-order chi connectivity index (χ1) is 9.88. The number of Topliss-reactive ketones (excluding diaryl/α,β-unsaturated/α-hetero) is 1. The molecule has 4 heteroatoms. The molecule has 3 nitrogen and oxygen atoms in total. The van der Waals surface area contributed by atoms with Crippen LogP contribution >= 0.6 is 12.2 Å². The van der Waals surface area contributed by atoms with E-state index in [0.717, 1.165) is 18.0 Å². The molecule has 116 valence electrons. The summed E-state index contributed by atoms with van der Waals surface area (Å²) in [5.74, 6) is 0.802. The monoisotopic (exact) mass is 306 g/mol. The fourth-order valence-corrected chi connectivity index (χ4v) is 2.43. The summed E-state index contributed by atoms with van der Waals surface area (Å²) < 4.78 is 0. The average Bonchev–Trinajstić information content (AvgIpc) is 2.38. The third-order valence-electron chi connectivity index (χ3n) is 3.32. The minimum atomic E-state index is 0.0552. The first kappa shape index (κ1) is 17.6. The fraction of sp³-hybridized carbons (Fsp3) is 0.529. The third kappa shape index (κ3) is 7.23. The zero-order valence-electron chi connectivity index (χ0n) is 13.4. The molecule has 0 aliphatic heterocycles. The van der Waals surface area contributed by atoms with E-state index in [9.17, 15) is 4.79 Å². The highest BCUT2D eigenvalue weighted by atomic mass is 32.1. The summed E-state index contributed by atoms with van der Waals surface area (Å²) in [4.78, 5) is 11.4. The second kappa shape index (κ2) is 8.78. The Labute approximate surface area is 133 Å². The van der Waals surface area contributed by atoms with Gasteiger partial charge >= 0.3 is 0 Å². The topological polar surface area (TPSA) is 41.1 Å². The Bertz CT molecular complexity index is 485. The van der Waals surface area contributed by atoms with Crippen molar-refractivity contribution >= 4 is 28.8 Å². The molecule has 1 atom stereocenters. The second-order valence-corrected chi connectivity index (χ2v) is 6.37. The summed E-state index contributed by atoms with van der Waals surface area (Å²) in [7, 11) is 0.